The summed E-state index contributed by atoms with van der Waals surface area (Å²) in [5, 5.41) is 12.0. The Labute approximate surface area is 150 Å². The molecule has 6 nitrogen and oxygen atoms in total. The molecule has 136 valence electrons. The minimum Gasteiger partial charge on any atom is -0.478 e. The van der Waals surface area contributed by atoms with E-state index in [0.29, 0.717) is 16.5 Å². The third-order valence-electron chi connectivity index (χ3n) is 3.98. The number of amides is 1. The highest BCUT2D eigenvalue weighted by atomic mass is 32.1. The van der Waals surface area contributed by atoms with Crippen LogP contribution in [-0.2, 0) is 27.2 Å². The Kier molecular flexibility index (Phi) is 6.00. The minimum atomic E-state index is -1.16. The molecule has 0 saturated carbocycles. The van der Waals surface area contributed by atoms with Gasteiger partial charge in [-0.1, -0.05) is 6.92 Å². The Morgan fingerprint density at radius 1 is 1.36 bits per heavy atom. The molecule has 1 heterocycles. The van der Waals surface area contributed by atoms with Crippen molar-refractivity contribution in [1.82, 2.24) is 0 Å². The van der Waals surface area contributed by atoms with Gasteiger partial charge in [0.1, 0.15) is 5.00 Å². The molecule has 25 heavy (non-hydrogen) atoms. The van der Waals surface area contributed by atoms with Crippen LogP contribution in [0.25, 0.3) is 0 Å². The first-order valence-corrected chi connectivity index (χ1v) is 9.08. The van der Waals surface area contributed by atoms with E-state index in [1.54, 1.807) is 13.8 Å². The molecule has 0 saturated heterocycles. The van der Waals surface area contributed by atoms with Gasteiger partial charge in [-0.15, -0.1) is 11.3 Å². The fourth-order valence-electron chi connectivity index (χ4n) is 2.73. The lowest BCUT2D eigenvalue weighted by molar-refractivity contribution is -0.132. The number of hydrogen-bond donors (Lipinski definition) is 2. The van der Waals surface area contributed by atoms with E-state index in [2.05, 4.69) is 12.2 Å². The lowest BCUT2D eigenvalue weighted by atomic mass is 9.88. The van der Waals surface area contributed by atoms with Crippen molar-refractivity contribution < 1.29 is 24.2 Å². The van der Waals surface area contributed by atoms with Gasteiger partial charge < -0.3 is 15.2 Å². The maximum absolute atomic E-state index is 12.5. The number of hydrogen-bond acceptors (Lipinski definition) is 5. The predicted molar refractivity (Wildman–Crippen MR) is 96.1 cm³/mol. The molecule has 2 N–H and O–H groups in total. The molecule has 1 amide bonds. The molecule has 0 spiro atoms. The maximum Gasteiger partial charge on any atom is 0.341 e. The van der Waals surface area contributed by atoms with Gasteiger partial charge in [0.25, 0.3) is 0 Å². The van der Waals surface area contributed by atoms with Crippen molar-refractivity contribution in [2.45, 2.75) is 53.1 Å². The number of thiophene rings is 1. The summed E-state index contributed by atoms with van der Waals surface area (Å²) in [5.74, 6) is -1.65. The Balaban J connectivity index is 2.36. The van der Waals surface area contributed by atoms with Crippen molar-refractivity contribution in [1.29, 1.82) is 0 Å². The number of carboxylic acid groups (broad SMARTS) is 1. The van der Waals surface area contributed by atoms with Gasteiger partial charge in [-0.2, -0.15) is 0 Å². The summed E-state index contributed by atoms with van der Waals surface area (Å²) in [4.78, 5) is 36.6. The number of esters is 1. The summed E-state index contributed by atoms with van der Waals surface area (Å²) in [5.41, 5.74) is 1.29. The van der Waals surface area contributed by atoms with Crippen LogP contribution in [0.1, 0.15) is 54.9 Å². The van der Waals surface area contributed by atoms with Crippen molar-refractivity contribution in [2.75, 3.05) is 5.32 Å². The SMILES string of the molecule is C/C(=C\C(=O)Nc1sc2c(c1C(=O)OC(C)C)CCC(C)C2)C(=O)O. The maximum atomic E-state index is 12.5. The largest absolute Gasteiger partial charge is 0.478 e. The molecule has 1 atom stereocenters. The number of aliphatic carboxylic acids is 1. The zero-order valence-corrected chi connectivity index (χ0v) is 15.7. The van der Waals surface area contributed by atoms with E-state index in [9.17, 15) is 14.4 Å². The smallest absolute Gasteiger partial charge is 0.341 e. The van der Waals surface area contributed by atoms with Crippen molar-refractivity contribution in [3.8, 4) is 0 Å². The van der Waals surface area contributed by atoms with Crippen LogP contribution in [0.2, 0.25) is 0 Å². The predicted octanol–water partition coefficient (Wildman–Crippen LogP) is 3.41. The molecule has 1 aliphatic carbocycles. The van der Waals surface area contributed by atoms with Gasteiger partial charge in [-0.05, 0) is 51.5 Å². The van der Waals surface area contributed by atoms with Gasteiger partial charge in [-0.25, -0.2) is 9.59 Å². The molecule has 1 aliphatic rings. The van der Waals surface area contributed by atoms with Crippen LogP contribution in [-0.4, -0.2) is 29.1 Å². The Morgan fingerprint density at radius 3 is 2.64 bits per heavy atom. The summed E-state index contributed by atoms with van der Waals surface area (Å²) in [6.45, 7) is 7.05. The van der Waals surface area contributed by atoms with Gasteiger partial charge >= 0.3 is 11.9 Å². The molecule has 7 heteroatoms. The van der Waals surface area contributed by atoms with E-state index >= 15 is 0 Å². The monoisotopic (exact) mass is 365 g/mol. The number of carbonyl (C=O) groups is 3. The molecule has 0 fully saturated rings. The standard InChI is InChI=1S/C18H23NO5S/c1-9(2)24-18(23)15-12-6-5-10(3)7-13(12)25-16(15)19-14(20)8-11(4)17(21)22/h8-10H,5-7H2,1-4H3,(H,19,20)(H,21,22)/b11-8+. The third kappa shape index (κ3) is 4.69. The van der Waals surface area contributed by atoms with Crippen molar-refractivity contribution in [3.63, 3.8) is 0 Å². The van der Waals surface area contributed by atoms with Gasteiger partial charge in [0, 0.05) is 16.5 Å². The second-order valence-corrected chi connectivity index (χ2v) is 7.74. The third-order valence-corrected chi connectivity index (χ3v) is 5.15. The van der Waals surface area contributed by atoms with Crippen molar-refractivity contribution >= 4 is 34.2 Å². The van der Waals surface area contributed by atoms with Crippen LogP contribution in [0.5, 0.6) is 0 Å². The lowest BCUT2D eigenvalue weighted by Gasteiger charge is -2.18. The fourth-order valence-corrected chi connectivity index (χ4v) is 4.14. The van der Waals surface area contributed by atoms with E-state index in [4.69, 9.17) is 9.84 Å². The molecule has 1 aromatic heterocycles. The summed E-state index contributed by atoms with van der Waals surface area (Å²) >= 11 is 1.38. The first-order valence-electron chi connectivity index (χ1n) is 8.27. The number of anilines is 1. The van der Waals surface area contributed by atoms with Gasteiger partial charge in [0.05, 0.1) is 11.7 Å². The summed E-state index contributed by atoms with van der Waals surface area (Å²) < 4.78 is 5.34. The summed E-state index contributed by atoms with van der Waals surface area (Å²) in [6, 6.07) is 0. The van der Waals surface area contributed by atoms with Crippen LogP contribution in [0.3, 0.4) is 0 Å². The first-order chi connectivity index (χ1) is 11.7. The molecular formula is C18H23NO5S. The zero-order valence-electron chi connectivity index (χ0n) is 14.8. The second kappa shape index (κ2) is 7.82. The number of ether oxygens (including phenoxy) is 1. The molecule has 0 radical (unpaired) electrons. The van der Waals surface area contributed by atoms with Crippen LogP contribution >= 0.6 is 11.3 Å². The van der Waals surface area contributed by atoms with Crippen molar-refractivity contribution in [3.05, 3.63) is 27.7 Å². The quantitative estimate of drug-likeness (QED) is 0.616. The van der Waals surface area contributed by atoms with E-state index in [1.807, 2.05) is 0 Å². The molecular weight excluding hydrogens is 342 g/mol. The van der Waals surface area contributed by atoms with Gasteiger partial charge in [0.15, 0.2) is 0 Å². The van der Waals surface area contributed by atoms with E-state index in [-0.39, 0.29) is 11.7 Å². The highest BCUT2D eigenvalue weighted by Crippen LogP contribution is 2.40. The van der Waals surface area contributed by atoms with Crippen LogP contribution in [0.15, 0.2) is 11.6 Å². The summed E-state index contributed by atoms with van der Waals surface area (Å²) in [6.07, 6.45) is 3.37. The highest BCUT2D eigenvalue weighted by molar-refractivity contribution is 7.17. The zero-order chi connectivity index (χ0) is 18.7. The number of rotatable bonds is 5. The Hall–Kier alpha value is -2.15. The topological polar surface area (TPSA) is 92.7 Å². The molecule has 1 aromatic rings. The van der Waals surface area contributed by atoms with Crippen LogP contribution in [0, 0.1) is 5.92 Å². The first kappa shape index (κ1) is 19.2. The van der Waals surface area contributed by atoms with E-state index in [0.717, 1.165) is 35.8 Å². The van der Waals surface area contributed by atoms with Crippen molar-refractivity contribution in [2.24, 2.45) is 5.92 Å². The molecule has 0 aromatic carbocycles. The average Bonchev–Trinajstić information content (AvgIpc) is 2.82. The number of carboxylic acids is 1. The average molecular weight is 365 g/mol. The highest BCUT2D eigenvalue weighted by Gasteiger charge is 2.29. The molecule has 0 bridgehead atoms. The molecule has 2 rings (SSSR count). The molecule has 1 unspecified atom stereocenters. The van der Waals surface area contributed by atoms with E-state index in [1.165, 1.54) is 18.3 Å². The number of nitrogens with one attached hydrogen (secondary N) is 1. The Bertz CT molecular complexity index is 732. The van der Waals surface area contributed by atoms with Gasteiger partial charge in [-0.3, -0.25) is 4.79 Å². The minimum absolute atomic E-state index is 0.0706. The number of carbonyl (C=O) groups excluding carboxylic acids is 2. The Morgan fingerprint density at radius 2 is 2.04 bits per heavy atom. The lowest BCUT2D eigenvalue weighted by Crippen LogP contribution is -2.18. The molecule has 0 aliphatic heterocycles. The van der Waals surface area contributed by atoms with Crippen LogP contribution in [0.4, 0.5) is 5.00 Å². The van der Waals surface area contributed by atoms with Gasteiger partial charge in [0.2, 0.25) is 5.91 Å². The number of fused-ring (bicyclic) bond motifs is 1. The fraction of sp³-hybridized carbons (Fsp3) is 0.500. The van der Waals surface area contributed by atoms with E-state index < -0.39 is 17.8 Å². The second-order valence-electron chi connectivity index (χ2n) is 6.63. The van der Waals surface area contributed by atoms with Crippen LogP contribution < -0.4 is 5.32 Å². The normalized spacial score (nSPS) is 17.2. The summed E-state index contributed by atoms with van der Waals surface area (Å²) in [7, 11) is 0.